The minimum atomic E-state index is -1.06. The van der Waals surface area contributed by atoms with Crippen molar-refractivity contribution in [3.63, 3.8) is 0 Å². The second kappa shape index (κ2) is 8.60. The zero-order valence-corrected chi connectivity index (χ0v) is 17.9. The molecular formula is C23H24Cl2N2O2. The van der Waals surface area contributed by atoms with Gasteiger partial charge in [0.1, 0.15) is 6.29 Å². The number of allylic oxidation sites excluding steroid dienone is 1. The summed E-state index contributed by atoms with van der Waals surface area (Å²) in [6.45, 7) is 4.24. The van der Waals surface area contributed by atoms with Crippen LogP contribution in [0.15, 0.2) is 54.1 Å². The number of halogens is 2. The third-order valence-corrected chi connectivity index (χ3v) is 6.45. The highest BCUT2D eigenvalue weighted by Gasteiger charge is 2.51. The number of hydrogen-bond acceptors (Lipinski definition) is 3. The smallest absolute Gasteiger partial charge is 0.220 e. The Bertz CT molecular complexity index is 973. The van der Waals surface area contributed by atoms with Crippen LogP contribution in [-0.2, 0) is 15.0 Å². The van der Waals surface area contributed by atoms with Gasteiger partial charge in [-0.05, 0) is 49.2 Å². The van der Waals surface area contributed by atoms with Crippen LogP contribution in [0, 0.1) is 5.92 Å². The van der Waals surface area contributed by atoms with Gasteiger partial charge in [-0.3, -0.25) is 4.79 Å². The zero-order valence-electron chi connectivity index (χ0n) is 16.4. The van der Waals surface area contributed by atoms with E-state index in [1.807, 2.05) is 38.1 Å². The van der Waals surface area contributed by atoms with Gasteiger partial charge in [0, 0.05) is 40.5 Å². The van der Waals surface area contributed by atoms with Crippen LogP contribution in [0.2, 0.25) is 10.0 Å². The predicted octanol–water partition coefficient (Wildman–Crippen LogP) is 4.90. The molecule has 0 unspecified atom stereocenters. The Morgan fingerprint density at radius 3 is 2.55 bits per heavy atom. The summed E-state index contributed by atoms with van der Waals surface area (Å²) in [5.74, 6) is -0.825. The zero-order chi connectivity index (χ0) is 21.2. The summed E-state index contributed by atoms with van der Waals surface area (Å²) in [6, 6.07) is 12.5. The molecule has 1 saturated heterocycles. The fourth-order valence-corrected chi connectivity index (χ4v) is 4.82. The monoisotopic (exact) mass is 430 g/mol. The first-order chi connectivity index (χ1) is 13.8. The van der Waals surface area contributed by atoms with Gasteiger partial charge in [-0.1, -0.05) is 53.1 Å². The maximum atomic E-state index is 13.0. The molecule has 2 aromatic carbocycles. The molecule has 0 spiro atoms. The fraction of sp³-hybridized carbons (Fsp3) is 0.304. The maximum Gasteiger partial charge on any atom is 0.220 e. The van der Waals surface area contributed by atoms with E-state index >= 15 is 0 Å². The third kappa shape index (κ3) is 3.92. The molecule has 1 aliphatic rings. The second-order valence-corrected chi connectivity index (χ2v) is 8.36. The summed E-state index contributed by atoms with van der Waals surface area (Å²) in [6.07, 6.45) is 3.08. The van der Waals surface area contributed by atoms with Gasteiger partial charge in [-0.25, -0.2) is 0 Å². The van der Waals surface area contributed by atoms with Gasteiger partial charge in [0.2, 0.25) is 5.91 Å². The maximum absolute atomic E-state index is 13.0. The third-order valence-electron chi connectivity index (χ3n) is 5.98. The number of amides is 1. The van der Waals surface area contributed by atoms with Crippen molar-refractivity contribution in [2.45, 2.75) is 31.6 Å². The molecule has 0 radical (unpaired) electrons. The van der Waals surface area contributed by atoms with Gasteiger partial charge in [0.25, 0.3) is 0 Å². The Balaban J connectivity index is 2.37. The van der Waals surface area contributed by atoms with E-state index in [2.05, 4.69) is 5.32 Å². The SMILES string of the molecule is C/C=C(\C)[C@@H]1CNC(=O)C[C@H](c2cccc(Cl)c2)[C@]1(C=O)c1ccc(Cl)cc1N. The predicted molar refractivity (Wildman–Crippen MR) is 118 cm³/mol. The van der Waals surface area contributed by atoms with Gasteiger partial charge < -0.3 is 15.8 Å². The molecule has 0 aromatic heterocycles. The summed E-state index contributed by atoms with van der Waals surface area (Å²) < 4.78 is 0. The molecule has 1 fully saturated rings. The van der Waals surface area contributed by atoms with Crippen LogP contribution in [0.5, 0.6) is 0 Å². The lowest BCUT2D eigenvalue weighted by Crippen LogP contribution is -2.45. The second-order valence-electron chi connectivity index (χ2n) is 7.48. The Hall–Kier alpha value is -2.30. The van der Waals surface area contributed by atoms with Gasteiger partial charge in [0.15, 0.2) is 0 Å². The van der Waals surface area contributed by atoms with Crippen LogP contribution < -0.4 is 11.1 Å². The van der Waals surface area contributed by atoms with Gasteiger partial charge in [-0.2, -0.15) is 0 Å². The molecule has 29 heavy (non-hydrogen) atoms. The van der Waals surface area contributed by atoms with Crippen LogP contribution in [0.1, 0.15) is 37.3 Å². The number of nitrogens with one attached hydrogen (secondary N) is 1. The molecule has 6 heteroatoms. The quantitative estimate of drug-likeness (QED) is 0.411. The molecule has 3 N–H and O–H groups in total. The van der Waals surface area contributed by atoms with Crippen molar-refractivity contribution in [3.05, 3.63) is 75.3 Å². The largest absolute Gasteiger partial charge is 0.398 e. The molecule has 1 heterocycles. The average molecular weight is 431 g/mol. The van der Waals surface area contributed by atoms with E-state index in [4.69, 9.17) is 28.9 Å². The molecule has 3 rings (SSSR count). The van der Waals surface area contributed by atoms with Crippen molar-refractivity contribution < 1.29 is 9.59 Å². The van der Waals surface area contributed by atoms with Gasteiger partial charge >= 0.3 is 0 Å². The summed E-state index contributed by atoms with van der Waals surface area (Å²) >= 11 is 12.4. The molecule has 4 nitrogen and oxygen atoms in total. The Morgan fingerprint density at radius 1 is 1.21 bits per heavy atom. The molecule has 2 aromatic rings. The normalized spacial score (nSPS) is 25.2. The van der Waals surface area contributed by atoms with Crippen molar-refractivity contribution in [2.75, 3.05) is 12.3 Å². The number of anilines is 1. The number of aldehydes is 1. The van der Waals surface area contributed by atoms with Crippen molar-refractivity contribution in [1.82, 2.24) is 5.32 Å². The topological polar surface area (TPSA) is 72.2 Å². The first-order valence-electron chi connectivity index (χ1n) is 9.50. The van der Waals surface area contributed by atoms with E-state index in [0.29, 0.717) is 27.8 Å². The molecule has 0 bridgehead atoms. The summed E-state index contributed by atoms with van der Waals surface area (Å²) in [5.41, 5.74) is 8.24. The van der Waals surface area contributed by atoms with Crippen LogP contribution in [-0.4, -0.2) is 18.7 Å². The standard InChI is InChI=1S/C23H24Cl2N2O2/c1-3-14(2)20-12-27-22(29)11-19(15-5-4-6-16(24)9-15)23(20,13-28)18-8-7-17(25)10-21(18)26/h3-10,13,19-20H,11-12,26H2,1-2H3,(H,27,29)/b14-3+/t19-,20+,23+/m1/s1. The Labute approximate surface area is 181 Å². The number of carbonyl (C=O) groups is 2. The lowest BCUT2D eigenvalue weighted by Gasteiger charge is -2.42. The minimum Gasteiger partial charge on any atom is -0.398 e. The molecular weight excluding hydrogens is 407 g/mol. The Kier molecular flexibility index (Phi) is 6.35. The average Bonchev–Trinajstić information content (AvgIpc) is 2.84. The van der Waals surface area contributed by atoms with Crippen LogP contribution in [0.3, 0.4) is 0 Å². The molecule has 1 amide bonds. The summed E-state index contributed by atoms with van der Waals surface area (Å²) in [5, 5.41) is 4.02. The highest BCUT2D eigenvalue weighted by molar-refractivity contribution is 6.31. The number of carbonyl (C=O) groups excluding carboxylic acids is 2. The minimum absolute atomic E-state index is 0.111. The summed E-state index contributed by atoms with van der Waals surface area (Å²) in [4.78, 5) is 25.6. The number of rotatable bonds is 4. The number of benzene rings is 2. The highest BCUT2D eigenvalue weighted by Crippen LogP contribution is 2.51. The first kappa shape index (κ1) is 21.4. The van der Waals surface area contributed by atoms with E-state index in [0.717, 1.165) is 17.4 Å². The van der Waals surface area contributed by atoms with E-state index in [9.17, 15) is 9.59 Å². The van der Waals surface area contributed by atoms with Crippen LogP contribution in [0.25, 0.3) is 0 Å². The number of nitrogen functional groups attached to an aromatic ring is 1. The van der Waals surface area contributed by atoms with Crippen molar-refractivity contribution >= 4 is 41.1 Å². The van der Waals surface area contributed by atoms with E-state index in [1.165, 1.54) is 0 Å². The van der Waals surface area contributed by atoms with Gasteiger partial charge in [-0.15, -0.1) is 0 Å². The van der Waals surface area contributed by atoms with Crippen molar-refractivity contribution in [3.8, 4) is 0 Å². The Morgan fingerprint density at radius 2 is 1.93 bits per heavy atom. The molecule has 152 valence electrons. The van der Waals surface area contributed by atoms with Crippen LogP contribution >= 0.6 is 23.2 Å². The van der Waals surface area contributed by atoms with E-state index in [1.54, 1.807) is 24.3 Å². The molecule has 1 aliphatic heterocycles. The first-order valence-corrected chi connectivity index (χ1v) is 10.3. The number of nitrogens with two attached hydrogens (primary N) is 1. The summed E-state index contributed by atoms with van der Waals surface area (Å²) in [7, 11) is 0. The lowest BCUT2D eigenvalue weighted by atomic mass is 9.59. The lowest BCUT2D eigenvalue weighted by molar-refractivity contribution is -0.121. The highest BCUT2D eigenvalue weighted by atomic mass is 35.5. The van der Waals surface area contributed by atoms with E-state index < -0.39 is 11.3 Å². The van der Waals surface area contributed by atoms with Gasteiger partial charge in [0.05, 0.1) is 5.41 Å². The molecule has 0 aliphatic carbocycles. The molecule has 0 saturated carbocycles. The molecule has 3 atom stereocenters. The van der Waals surface area contributed by atoms with E-state index in [-0.39, 0.29) is 18.2 Å². The van der Waals surface area contributed by atoms with Crippen LogP contribution in [0.4, 0.5) is 5.69 Å². The fourth-order valence-electron chi connectivity index (χ4n) is 4.44. The number of hydrogen-bond donors (Lipinski definition) is 2. The van der Waals surface area contributed by atoms with Crippen molar-refractivity contribution in [1.29, 1.82) is 0 Å². The van der Waals surface area contributed by atoms with Crippen molar-refractivity contribution in [2.24, 2.45) is 5.92 Å².